The Morgan fingerprint density at radius 3 is 2.74 bits per heavy atom. The SMILES string of the molecule is COc1ccccc1-c1csc2nc(NC(=O)c3nn(-c4cccc(C)c4)c(=O)cc3O)nn12. The number of para-hydroxylation sites is 1. The summed E-state index contributed by atoms with van der Waals surface area (Å²) in [5.74, 6) is -0.587. The fraction of sp³-hybridized carbons (Fsp3) is 0.0870. The standard InChI is InChI=1S/C23H18N6O4S/c1-13-6-5-7-14(10-13)28-19(31)11-17(30)20(26-28)21(32)24-22-25-23-29(27-22)16(12-34-23)15-8-3-4-9-18(15)33-2/h3-12,30H,1-2H3,(H,24,27,32). The largest absolute Gasteiger partial charge is 0.505 e. The van der Waals surface area contributed by atoms with Crippen molar-refractivity contribution in [1.82, 2.24) is 24.4 Å². The van der Waals surface area contributed by atoms with Crippen molar-refractivity contribution in [2.45, 2.75) is 6.92 Å². The third-order valence-electron chi connectivity index (χ3n) is 5.06. The number of aromatic hydroxyl groups is 1. The van der Waals surface area contributed by atoms with Crippen molar-refractivity contribution in [3.05, 3.63) is 81.6 Å². The van der Waals surface area contributed by atoms with E-state index in [-0.39, 0.29) is 11.6 Å². The van der Waals surface area contributed by atoms with Gasteiger partial charge in [0.2, 0.25) is 4.96 Å². The molecule has 5 rings (SSSR count). The van der Waals surface area contributed by atoms with E-state index in [9.17, 15) is 14.7 Å². The molecule has 0 spiro atoms. The topological polar surface area (TPSA) is 124 Å². The summed E-state index contributed by atoms with van der Waals surface area (Å²) in [6.45, 7) is 1.87. The number of fused-ring (bicyclic) bond motifs is 1. The van der Waals surface area contributed by atoms with Crippen molar-refractivity contribution in [2.75, 3.05) is 12.4 Å². The van der Waals surface area contributed by atoms with Gasteiger partial charge in [-0.25, -0.2) is 4.52 Å². The highest BCUT2D eigenvalue weighted by Crippen LogP contribution is 2.32. The molecule has 2 aromatic carbocycles. The molecule has 3 heterocycles. The third-order valence-corrected chi connectivity index (χ3v) is 5.88. The van der Waals surface area contributed by atoms with Gasteiger partial charge in [0.1, 0.15) is 5.75 Å². The number of benzene rings is 2. The van der Waals surface area contributed by atoms with Crippen LogP contribution < -0.4 is 15.6 Å². The van der Waals surface area contributed by atoms with Crippen molar-refractivity contribution in [2.24, 2.45) is 0 Å². The Morgan fingerprint density at radius 1 is 1.12 bits per heavy atom. The van der Waals surface area contributed by atoms with Crippen LogP contribution in [0.25, 0.3) is 21.9 Å². The maximum Gasteiger partial charge on any atom is 0.282 e. The number of nitrogens with one attached hydrogen (secondary N) is 1. The summed E-state index contributed by atoms with van der Waals surface area (Å²) >= 11 is 1.35. The van der Waals surface area contributed by atoms with Gasteiger partial charge in [-0.15, -0.1) is 16.4 Å². The van der Waals surface area contributed by atoms with Gasteiger partial charge >= 0.3 is 0 Å². The van der Waals surface area contributed by atoms with Crippen molar-refractivity contribution in [1.29, 1.82) is 0 Å². The first kappa shape index (κ1) is 21.3. The average molecular weight is 475 g/mol. The Morgan fingerprint density at radius 2 is 1.94 bits per heavy atom. The number of hydrogen-bond donors (Lipinski definition) is 2. The Balaban J connectivity index is 1.48. The predicted octanol–water partition coefficient (Wildman–Crippen LogP) is 3.28. The highest BCUT2D eigenvalue weighted by atomic mass is 32.1. The van der Waals surface area contributed by atoms with Gasteiger partial charge in [-0.05, 0) is 36.8 Å². The van der Waals surface area contributed by atoms with Gasteiger partial charge < -0.3 is 9.84 Å². The maximum absolute atomic E-state index is 12.9. The smallest absolute Gasteiger partial charge is 0.282 e. The zero-order valence-corrected chi connectivity index (χ0v) is 18.9. The third kappa shape index (κ3) is 3.77. The molecule has 0 unspecified atom stereocenters. The van der Waals surface area contributed by atoms with Crippen LogP contribution in [0.2, 0.25) is 0 Å². The first-order valence-corrected chi connectivity index (χ1v) is 11.0. The summed E-state index contributed by atoms with van der Waals surface area (Å²) in [5.41, 5.74) is 2.06. The second-order valence-corrected chi connectivity index (χ2v) is 8.21. The summed E-state index contributed by atoms with van der Waals surface area (Å²) in [4.78, 5) is 30.2. The van der Waals surface area contributed by atoms with Crippen molar-refractivity contribution in [3.8, 4) is 28.4 Å². The molecular weight excluding hydrogens is 456 g/mol. The lowest BCUT2D eigenvalue weighted by molar-refractivity contribution is 0.101. The molecule has 0 radical (unpaired) electrons. The lowest BCUT2D eigenvalue weighted by Crippen LogP contribution is -2.25. The number of carbonyl (C=O) groups excluding carboxylic acids is 1. The molecule has 5 aromatic rings. The Kier molecular flexibility index (Phi) is 5.30. The van der Waals surface area contributed by atoms with Crippen molar-refractivity contribution < 1.29 is 14.6 Å². The number of carbonyl (C=O) groups is 1. The fourth-order valence-electron chi connectivity index (χ4n) is 3.49. The van der Waals surface area contributed by atoms with E-state index in [1.54, 1.807) is 29.8 Å². The molecular formula is C23H18N6O4S. The lowest BCUT2D eigenvalue weighted by atomic mass is 10.1. The Bertz CT molecular complexity index is 1600. The van der Waals surface area contributed by atoms with Crippen LogP contribution in [0.15, 0.2) is 64.8 Å². The first-order valence-electron chi connectivity index (χ1n) is 10.1. The predicted molar refractivity (Wildman–Crippen MR) is 127 cm³/mol. The molecule has 1 amide bonds. The number of aryl methyl sites for hydroxylation is 1. The van der Waals surface area contributed by atoms with Gasteiger partial charge in [0, 0.05) is 17.0 Å². The molecule has 0 saturated heterocycles. The van der Waals surface area contributed by atoms with Crippen LogP contribution in [0.1, 0.15) is 16.1 Å². The molecule has 3 aromatic heterocycles. The van der Waals surface area contributed by atoms with E-state index in [2.05, 4.69) is 20.5 Å². The molecule has 0 aliphatic carbocycles. The summed E-state index contributed by atoms with van der Waals surface area (Å²) < 4.78 is 8.09. The summed E-state index contributed by atoms with van der Waals surface area (Å²) in [5, 5.41) is 23.1. The van der Waals surface area contributed by atoms with Crippen LogP contribution in [0.5, 0.6) is 11.5 Å². The minimum Gasteiger partial charge on any atom is -0.505 e. The average Bonchev–Trinajstić information content (AvgIpc) is 3.39. The van der Waals surface area contributed by atoms with Crippen molar-refractivity contribution >= 4 is 28.2 Å². The number of amides is 1. The van der Waals surface area contributed by atoms with Gasteiger partial charge in [-0.3, -0.25) is 14.9 Å². The monoisotopic (exact) mass is 474 g/mol. The molecule has 170 valence electrons. The van der Waals surface area contributed by atoms with E-state index in [0.29, 0.717) is 16.4 Å². The molecule has 10 nitrogen and oxygen atoms in total. The molecule has 0 bridgehead atoms. The van der Waals surface area contributed by atoms with Gasteiger partial charge in [0.15, 0.2) is 11.4 Å². The van der Waals surface area contributed by atoms with Gasteiger partial charge in [-0.2, -0.15) is 14.8 Å². The number of methoxy groups -OCH3 is 1. The molecule has 0 saturated carbocycles. The normalized spacial score (nSPS) is 11.0. The van der Waals surface area contributed by atoms with Gasteiger partial charge in [-0.1, -0.05) is 24.3 Å². The zero-order chi connectivity index (χ0) is 23.8. The molecule has 0 aliphatic rings. The van der Waals surface area contributed by atoms with Crippen LogP contribution >= 0.6 is 11.3 Å². The van der Waals surface area contributed by atoms with Crippen LogP contribution in [0.3, 0.4) is 0 Å². The van der Waals surface area contributed by atoms with E-state index < -0.39 is 17.2 Å². The van der Waals surface area contributed by atoms with Crippen LogP contribution in [-0.4, -0.2) is 42.5 Å². The summed E-state index contributed by atoms with van der Waals surface area (Å²) in [6.07, 6.45) is 0. The van der Waals surface area contributed by atoms with E-state index >= 15 is 0 Å². The minimum absolute atomic E-state index is 0.0301. The maximum atomic E-state index is 12.9. The summed E-state index contributed by atoms with van der Waals surface area (Å²) in [6, 6.07) is 15.5. The lowest BCUT2D eigenvalue weighted by Gasteiger charge is -2.09. The molecule has 2 N–H and O–H groups in total. The van der Waals surface area contributed by atoms with E-state index in [1.807, 2.05) is 42.6 Å². The zero-order valence-electron chi connectivity index (χ0n) is 18.1. The summed E-state index contributed by atoms with van der Waals surface area (Å²) in [7, 11) is 1.59. The number of ether oxygens (including phenoxy) is 1. The second-order valence-electron chi connectivity index (χ2n) is 7.37. The van der Waals surface area contributed by atoms with E-state index in [1.165, 1.54) is 11.3 Å². The van der Waals surface area contributed by atoms with E-state index in [4.69, 9.17) is 4.74 Å². The second kappa shape index (κ2) is 8.45. The minimum atomic E-state index is -0.754. The highest BCUT2D eigenvalue weighted by Gasteiger charge is 2.20. The Hall–Kier alpha value is -4.51. The van der Waals surface area contributed by atoms with E-state index in [0.717, 1.165) is 27.6 Å². The quantitative estimate of drug-likeness (QED) is 0.401. The molecule has 11 heteroatoms. The first-order chi connectivity index (χ1) is 16.4. The van der Waals surface area contributed by atoms with Crippen molar-refractivity contribution in [3.63, 3.8) is 0 Å². The highest BCUT2D eigenvalue weighted by molar-refractivity contribution is 7.15. The van der Waals surface area contributed by atoms with Crippen LogP contribution in [0, 0.1) is 6.92 Å². The number of rotatable bonds is 5. The molecule has 0 fully saturated rings. The number of anilines is 1. The number of hydrogen-bond acceptors (Lipinski definition) is 8. The number of nitrogens with zero attached hydrogens (tertiary/aromatic N) is 5. The van der Waals surface area contributed by atoms with Gasteiger partial charge in [0.05, 0.1) is 18.5 Å². The number of thiazole rings is 1. The fourth-order valence-corrected chi connectivity index (χ4v) is 4.31. The van der Waals surface area contributed by atoms with Crippen LogP contribution in [0.4, 0.5) is 5.95 Å². The molecule has 0 aliphatic heterocycles. The Labute approximate surface area is 196 Å². The van der Waals surface area contributed by atoms with Crippen LogP contribution in [-0.2, 0) is 0 Å². The number of aromatic nitrogens is 5. The molecule has 34 heavy (non-hydrogen) atoms. The van der Waals surface area contributed by atoms with Gasteiger partial charge in [0.25, 0.3) is 17.4 Å². The molecule has 0 atom stereocenters.